The molecule has 0 radical (unpaired) electrons. The summed E-state index contributed by atoms with van der Waals surface area (Å²) >= 11 is 0. The van der Waals surface area contributed by atoms with Crippen molar-refractivity contribution in [3.8, 4) is 0 Å². The van der Waals surface area contributed by atoms with Crippen molar-refractivity contribution in [3.05, 3.63) is 77.9 Å². The van der Waals surface area contributed by atoms with Gasteiger partial charge in [0.2, 0.25) is 0 Å². The van der Waals surface area contributed by atoms with Crippen molar-refractivity contribution in [1.29, 1.82) is 0 Å². The van der Waals surface area contributed by atoms with Crippen molar-refractivity contribution >= 4 is 16.5 Å². The van der Waals surface area contributed by atoms with Crippen LogP contribution in [0.5, 0.6) is 0 Å². The van der Waals surface area contributed by atoms with Crippen LogP contribution >= 0.6 is 0 Å². The highest BCUT2D eigenvalue weighted by molar-refractivity contribution is 5.82. The van der Waals surface area contributed by atoms with Gasteiger partial charge in [-0.05, 0) is 46.9 Å². The maximum atomic E-state index is 13.4. The van der Waals surface area contributed by atoms with E-state index >= 15 is 0 Å². The van der Waals surface area contributed by atoms with Crippen LogP contribution in [0.2, 0.25) is 0 Å². The van der Waals surface area contributed by atoms with E-state index in [0.717, 1.165) is 38.3 Å². The Balaban J connectivity index is 1.30. The van der Waals surface area contributed by atoms with Gasteiger partial charge >= 0.3 is 0 Å². The molecule has 0 aliphatic carbocycles. The molecule has 3 aromatic carbocycles. The fourth-order valence-electron chi connectivity index (χ4n) is 3.68. The first-order valence-electron chi connectivity index (χ1n) is 9.07. The van der Waals surface area contributed by atoms with Gasteiger partial charge in [0.15, 0.2) is 11.6 Å². The molecule has 0 spiro atoms. The number of hydrogen-bond donors (Lipinski definition) is 1. The van der Waals surface area contributed by atoms with Crippen molar-refractivity contribution in [1.82, 2.24) is 5.32 Å². The van der Waals surface area contributed by atoms with E-state index < -0.39 is 11.6 Å². The third-order valence-corrected chi connectivity index (χ3v) is 5.13. The van der Waals surface area contributed by atoms with E-state index in [1.54, 1.807) is 6.07 Å². The maximum absolute atomic E-state index is 13.4. The largest absolute Gasteiger partial charge is 0.371 e. The second-order valence-corrected chi connectivity index (χ2v) is 7.01. The molecule has 1 saturated heterocycles. The quantitative estimate of drug-likeness (QED) is 0.714. The first kappa shape index (κ1) is 17.0. The van der Waals surface area contributed by atoms with E-state index in [2.05, 4.69) is 52.7 Å². The fourth-order valence-corrected chi connectivity index (χ4v) is 3.68. The van der Waals surface area contributed by atoms with Crippen molar-refractivity contribution in [2.75, 3.05) is 24.5 Å². The van der Waals surface area contributed by atoms with E-state index in [-0.39, 0.29) is 0 Å². The summed E-state index contributed by atoms with van der Waals surface area (Å²) in [4.78, 5) is 2.13. The van der Waals surface area contributed by atoms with Crippen molar-refractivity contribution in [2.45, 2.75) is 13.0 Å². The Morgan fingerprint density at radius 2 is 1.77 bits per heavy atom. The summed E-state index contributed by atoms with van der Waals surface area (Å²) in [5, 5.41) is 6.06. The highest BCUT2D eigenvalue weighted by Crippen LogP contribution is 2.25. The molecule has 1 aliphatic rings. The Hall–Kier alpha value is -2.46. The number of rotatable bonds is 5. The molecule has 0 aromatic heterocycles. The zero-order chi connectivity index (χ0) is 17.9. The Morgan fingerprint density at radius 3 is 2.62 bits per heavy atom. The summed E-state index contributed by atoms with van der Waals surface area (Å²) in [7, 11) is 0. The van der Waals surface area contributed by atoms with E-state index in [1.807, 2.05) is 0 Å². The number of halogens is 2. The van der Waals surface area contributed by atoms with E-state index in [1.165, 1.54) is 28.5 Å². The van der Waals surface area contributed by atoms with Crippen LogP contribution in [0, 0.1) is 17.6 Å². The van der Waals surface area contributed by atoms with E-state index in [0.29, 0.717) is 5.92 Å². The lowest BCUT2D eigenvalue weighted by Gasteiger charge is -2.19. The molecule has 1 heterocycles. The third kappa shape index (κ3) is 3.70. The average molecular weight is 352 g/mol. The Kier molecular flexibility index (Phi) is 4.85. The molecule has 134 valence electrons. The van der Waals surface area contributed by atoms with Crippen LogP contribution < -0.4 is 10.2 Å². The Labute approximate surface area is 152 Å². The van der Waals surface area contributed by atoms with Gasteiger partial charge in [-0.15, -0.1) is 0 Å². The van der Waals surface area contributed by atoms with Crippen molar-refractivity contribution in [3.63, 3.8) is 0 Å². The van der Waals surface area contributed by atoms with Gasteiger partial charge < -0.3 is 10.2 Å². The molecule has 26 heavy (non-hydrogen) atoms. The van der Waals surface area contributed by atoms with Crippen LogP contribution in [0.15, 0.2) is 60.7 Å². The highest BCUT2D eigenvalue weighted by atomic mass is 19.2. The van der Waals surface area contributed by atoms with Gasteiger partial charge in [-0.25, -0.2) is 8.78 Å². The highest BCUT2D eigenvalue weighted by Gasteiger charge is 2.23. The Morgan fingerprint density at radius 1 is 0.923 bits per heavy atom. The summed E-state index contributed by atoms with van der Waals surface area (Å²) in [6.45, 7) is 3.52. The second-order valence-electron chi connectivity index (χ2n) is 7.01. The van der Waals surface area contributed by atoms with Crippen LogP contribution in [-0.2, 0) is 6.54 Å². The van der Waals surface area contributed by atoms with Crippen LogP contribution in [0.4, 0.5) is 14.5 Å². The minimum Gasteiger partial charge on any atom is -0.371 e. The molecule has 1 aliphatic heterocycles. The van der Waals surface area contributed by atoms with Gasteiger partial charge in [-0.1, -0.05) is 36.4 Å². The summed E-state index contributed by atoms with van der Waals surface area (Å²) in [5.74, 6) is -1.05. The van der Waals surface area contributed by atoms with Crippen molar-refractivity contribution in [2.24, 2.45) is 5.92 Å². The third-order valence-electron chi connectivity index (χ3n) is 5.13. The van der Waals surface area contributed by atoms with Crippen LogP contribution in [0.25, 0.3) is 10.8 Å². The molecular formula is C22H22F2N2. The SMILES string of the molecule is Fc1ccc(N2CC[C@@H](CNCc3ccc4ccccc4c3)C2)cc1F. The van der Waals surface area contributed by atoms with Crippen molar-refractivity contribution < 1.29 is 8.78 Å². The van der Waals surface area contributed by atoms with E-state index in [4.69, 9.17) is 0 Å². The maximum Gasteiger partial charge on any atom is 0.160 e. The molecule has 4 rings (SSSR count). The topological polar surface area (TPSA) is 15.3 Å². The zero-order valence-electron chi connectivity index (χ0n) is 14.6. The number of hydrogen-bond acceptors (Lipinski definition) is 2. The van der Waals surface area contributed by atoms with Gasteiger partial charge in [0.25, 0.3) is 0 Å². The lowest BCUT2D eigenvalue weighted by molar-refractivity contribution is 0.507. The molecule has 4 heteroatoms. The molecule has 1 atom stereocenters. The first-order chi connectivity index (χ1) is 12.7. The average Bonchev–Trinajstić information content (AvgIpc) is 3.13. The van der Waals surface area contributed by atoms with Gasteiger partial charge in [0.1, 0.15) is 0 Å². The number of nitrogens with one attached hydrogen (secondary N) is 1. The fraction of sp³-hybridized carbons (Fsp3) is 0.273. The molecule has 0 bridgehead atoms. The minimum absolute atomic E-state index is 0.517. The smallest absolute Gasteiger partial charge is 0.160 e. The first-order valence-corrected chi connectivity index (χ1v) is 9.07. The molecule has 1 fully saturated rings. The van der Waals surface area contributed by atoms with Gasteiger partial charge in [0, 0.05) is 37.9 Å². The van der Waals surface area contributed by atoms with Gasteiger partial charge in [-0.3, -0.25) is 0 Å². The standard InChI is InChI=1S/C22H22F2N2/c23-21-8-7-20(12-22(21)24)26-10-9-17(15-26)14-25-13-16-5-6-18-3-1-2-4-19(18)11-16/h1-8,11-12,17,25H,9-10,13-15H2/t17-/m0/s1. The molecule has 0 saturated carbocycles. The van der Waals surface area contributed by atoms with E-state index in [9.17, 15) is 8.78 Å². The van der Waals surface area contributed by atoms with Crippen LogP contribution in [0.1, 0.15) is 12.0 Å². The molecule has 0 amide bonds. The molecule has 3 aromatic rings. The summed E-state index contributed by atoms with van der Waals surface area (Å²) < 4.78 is 26.5. The predicted octanol–water partition coefficient (Wildman–Crippen LogP) is 4.73. The molecule has 0 unspecified atom stereocenters. The number of benzene rings is 3. The lowest BCUT2D eigenvalue weighted by Crippen LogP contribution is -2.26. The predicted molar refractivity (Wildman–Crippen MR) is 102 cm³/mol. The molecular weight excluding hydrogens is 330 g/mol. The van der Waals surface area contributed by atoms with Gasteiger partial charge in [-0.2, -0.15) is 0 Å². The van der Waals surface area contributed by atoms with Gasteiger partial charge in [0.05, 0.1) is 0 Å². The summed E-state index contributed by atoms with van der Waals surface area (Å²) in [6.07, 6.45) is 1.06. The zero-order valence-corrected chi connectivity index (χ0v) is 14.6. The Bertz CT molecular complexity index is 910. The number of nitrogens with zero attached hydrogens (tertiary/aromatic N) is 1. The van der Waals surface area contributed by atoms with Crippen LogP contribution in [-0.4, -0.2) is 19.6 Å². The summed E-state index contributed by atoms with van der Waals surface area (Å²) in [5.41, 5.74) is 2.04. The molecule has 2 nitrogen and oxygen atoms in total. The molecule has 1 N–H and O–H groups in total. The second kappa shape index (κ2) is 7.42. The minimum atomic E-state index is -0.790. The lowest BCUT2D eigenvalue weighted by atomic mass is 10.1. The number of fused-ring (bicyclic) bond motifs is 1. The normalized spacial score (nSPS) is 17.2. The number of anilines is 1. The summed E-state index contributed by atoms with van der Waals surface area (Å²) in [6, 6.07) is 19.1. The monoisotopic (exact) mass is 352 g/mol. The van der Waals surface area contributed by atoms with Crippen LogP contribution in [0.3, 0.4) is 0 Å².